The predicted molar refractivity (Wildman–Crippen MR) is 90.9 cm³/mol. The van der Waals surface area contributed by atoms with Gasteiger partial charge in [0.1, 0.15) is 0 Å². The number of hydrogen-bond donors (Lipinski definition) is 1. The van der Waals surface area contributed by atoms with E-state index in [0.29, 0.717) is 24.5 Å². The molecule has 3 rings (SSSR count). The van der Waals surface area contributed by atoms with Crippen molar-refractivity contribution in [2.24, 2.45) is 5.10 Å². The Kier molecular flexibility index (Phi) is 5.09. The van der Waals surface area contributed by atoms with Crippen LogP contribution in [0, 0.1) is 0 Å². The van der Waals surface area contributed by atoms with E-state index in [1.165, 1.54) is 6.21 Å². The van der Waals surface area contributed by atoms with Gasteiger partial charge in [0.15, 0.2) is 5.76 Å². The first-order chi connectivity index (χ1) is 11.2. The van der Waals surface area contributed by atoms with Crippen molar-refractivity contribution in [2.45, 2.75) is 0 Å². The molecule has 1 aliphatic rings. The molecular formula is C16H16BrN3O3. The first-order valence-electron chi connectivity index (χ1n) is 7.24. The number of anilines is 1. The summed E-state index contributed by atoms with van der Waals surface area (Å²) < 4.78 is 11.9. The van der Waals surface area contributed by atoms with Crippen LogP contribution in [0.4, 0.5) is 5.88 Å². The Hall–Kier alpha value is -2.12. The van der Waals surface area contributed by atoms with Crippen LogP contribution in [0.25, 0.3) is 0 Å². The van der Waals surface area contributed by atoms with Gasteiger partial charge in [-0.3, -0.25) is 4.79 Å². The summed E-state index contributed by atoms with van der Waals surface area (Å²) in [5.74, 6) is 1.05. The molecule has 1 aromatic carbocycles. The van der Waals surface area contributed by atoms with Gasteiger partial charge in [-0.05, 0) is 28.1 Å². The molecule has 0 bridgehead atoms. The Morgan fingerprint density at radius 2 is 2.00 bits per heavy atom. The molecule has 1 fully saturated rings. The number of furan rings is 1. The molecule has 2 heterocycles. The minimum Gasteiger partial charge on any atom is -0.438 e. The highest BCUT2D eigenvalue weighted by atomic mass is 79.9. The predicted octanol–water partition coefficient (Wildman–Crippen LogP) is 2.64. The number of ether oxygens (including phenoxy) is 1. The third-order valence-electron chi connectivity index (χ3n) is 3.38. The van der Waals surface area contributed by atoms with Crippen molar-refractivity contribution in [3.8, 4) is 0 Å². The number of rotatable bonds is 4. The van der Waals surface area contributed by atoms with E-state index in [2.05, 4.69) is 31.4 Å². The number of hydrogen-bond acceptors (Lipinski definition) is 5. The molecule has 0 radical (unpaired) electrons. The van der Waals surface area contributed by atoms with Crippen molar-refractivity contribution in [3.63, 3.8) is 0 Å². The Balaban J connectivity index is 1.63. The summed E-state index contributed by atoms with van der Waals surface area (Å²) >= 11 is 3.48. The standard InChI is InChI=1S/C16H16BrN3O3/c17-14-10-13(23-16(14)20-6-8-22-9-7-20)11-18-19-15(21)12-4-2-1-3-5-12/h1-5,10-11H,6-9H2,(H,19,21)/b18-11-. The van der Waals surface area contributed by atoms with Crippen molar-refractivity contribution in [1.29, 1.82) is 0 Å². The van der Waals surface area contributed by atoms with Crippen molar-refractivity contribution < 1.29 is 13.9 Å². The fourth-order valence-electron chi connectivity index (χ4n) is 2.23. The van der Waals surface area contributed by atoms with Crippen molar-refractivity contribution in [2.75, 3.05) is 31.2 Å². The number of amides is 1. The second-order valence-electron chi connectivity index (χ2n) is 4.97. The summed E-state index contributed by atoms with van der Waals surface area (Å²) in [4.78, 5) is 14.0. The molecular weight excluding hydrogens is 362 g/mol. The van der Waals surface area contributed by atoms with E-state index in [1.54, 1.807) is 24.3 Å². The van der Waals surface area contributed by atoms with Gasteiger partial charge in [0.25, 0.3) is 5.91 Å². The van der Waals surface area contributed by atoms with Crippen LogP contribution in [-0.4, -0.2) is 38.4 Å². The second kappa shape index (κ2) is 7.43. The summed E-state index contributed by atoms with van der Waals surface area (Å²) in [5.41, 5.74) is 3.03. The minimum atomic E-state index is -0.263. The number of hydrazone groups is 1. The number of morpholine rings is 1. The topological polar surface area (TPSA) is 67.1 Å². The first-order valence-corrected chi connectivity index (χ1v) is 8.04. The molecule has 6 nitrogen and oxygen atoms in total. The Morgan fingerprint density at radius 3 is 2.74 bits per heavy atom. The SMILES string of the molecule is O=C(N/N=C\c1cc(Br)c(N2CCOCC2)o1)c1ccccc1. The molecule has 2 aromatic rings. The fraction of sp³-hybridized carbons (Fsp3) is 0.250. The van der Waals surface area contributed by atoms with E-state index in [1.807, 2.05) is 12.1 Å². The van der Waals surface area contributed by atoms with Crippen molar-refractivity contribution >= 4 is 33.9 Å². The lowest BCUT2D eigenvalue weighted by atomic mass is 10.2. The van der Waals surface area contributed by atoms with Gasteiger partial charge in [-0.1, -0.05) is 18.2 Å². The molecule has 0 unspecified atom stereocenters. The van der Waals surface area contributed by atoms with Crippen LogP contribution in [-0.2, 0) is 4.74 Å². The van der Waals surface area contributed by atoms with Crippen LogP contribution >= 0.6 is 15.9 Å². The lowest BCUT2D eigenvalue weighted by Gasteiger charge is -2.26. The summed E-state index contributed by atoms with van der Waals surface area (Å²) in [5, 5.41) is 3.94. The van der Waals surface area contributed by atoms with Crippen molar-refractivity contribution in [3.05, 3.63) is 52.2 Å². The molecule has 7 heteroatoms. The van der Waals surface area contributed by atoms with E-state index in [-0.39, 0.29) is 5.91 Å². The van der Waals surface area contributed by atoms with Crippen molar-refractivity contribution in [1.82, 2.24) is 5.43 Å². The summed E-state index contributed by atoms with van der Waals surface area (Å²) in [7, 11) is 0. The highest BCUT2D eigenvalue weighted by Gasteiger charge is 2.18. The molecule has 1 aliphatic heterocycles. The number of carbonyl (C=O) groups excluding carboxylic acids is 1. The summed E-state index contributed by atoms with van der Waals surface area (Å²) in [6, 6.07) is 10.7. The molecule has 1 aromatic heterocycles. The number of benzene rings is 1. The highest BCUT2D eigenvalue weighted by Crippen LogP contribution is 2.30. The van der Waals surface area contributed by atoms with Gasteiger partial charge >= 0.3 is 0 Å². The molecule has 23 heavy (non-hydrogen) atoms. The normalized spacial score (nSPS) is 15.1. The summed E-state index contributed by atoms with van der Waals surface area (Å²) in [6.45, 7) is 2.94. The smallest absolute Gasteiger partial charge is 0.271 e. The van der Waals surface area contributed by atoms with Crippen LogP contribution in [0.3, 0.4) is 0 Å². The third kappa shape index (κ3) is 4.00. The first kappa shape index (κ1) is 15.8. The minimum absolute atomic E-state index is 0.263. The third-order valence-corrected chi connectivity index (χ3v) is 3.95. The van der Waals surface area contributed by atoms with E-state index in [4.69, 9.17) is 9.15 Å². The van der Waals surface area contributed by atoms with Gasteiger partial charge in [-0.25, -0.2) is 5.43 Å². The van der Waals surface area contributed by atoms with Crippen LogP contribution in [0.5, 0.6) is 0 Å². The average molecular weight is 378 g/mol. The number of nitrogens with zero attached hydrogens (tertiary/aromatic N) is 2. The number of carbonyl (C=O) groups is 1. The van der Waals surface area contributed by atoms with E-state index in [0.717, 1.165) is 23.4 Å². The maximum atomic E-state index is 11.9. The average Bonchev–Trinajstić information content (AvgIpc) is 2.97. The van der Waals surface area contributed by atoms with Crippen LogP contribution < -0.4 is 10.3 Å². The molecule has 0 atom stereocenters. The maximum absolute atomic E-state index is 11.9. The van der Waals surface area contributed by atoms with Gasteiger partial charge in [-0.15, -0.1) is 0 Å². The molecule has 1 amide bonds. The van der Waals surface area contributed by atoms with Gasteiger partial charge < -0.3 is 14.1 Å². The lowest BCUT2D eigenvalue weighted by molar-refractivity contribution is 0.0955. The lowest BCUT2D eigenvalue weighted by Crippen LogP contribution is -2.36. The molecule has 1 saturated heterocycles. The molecule has 120 valence electrons. The van der Waals surface area contributed by atoms with E-state index in [9.17, 15) is 4.79 Å². The molecule has 0 saturated carbocycles. The highest BCUT2D eigenvalue weighted by molar-refractivity contribution is 9.10. The number of nitrogens with one attached hydrogen (secondary N) is 1. The monoisotopic (exact) mass is 377 g/mol. The zero-order valence-corrected chi connectivity index (χ0v) is 14.0. The van der Waals surface area contributed by atoms with Gasteiger partial charge in [0.2, 0.25) is 5.88 Å². The second-order valence-corrected chi connectivity index (χ2v) is 5.82. The van der Waals surface area contributed by atoms with Crippen LogP contribution in [0.2, 0.25) is 0 Å². The zero-order valence-electron chi connectivity index (χ0n) is 12.4. The number of halogens is 1. The maximum Gasteiger partial charge on any atom is 0.271 e. The molecule has 1 N–H and O–H groups in total. The molecule has 0 spiro atoms. The zero-order chi connectivity index (χ0) is 16.1. The van der Waals surface area contributed by atoms with Crippen LogP contribution in [0.1, 0.15) is 16.1 Å². The van der Waals surface area contributed by atoms with Crippen LogP contribution in [0.15, 0.2) is 50.4 Å². The van der Waals surface area contributed by atoms with E-state index < -0.39 is 0 Å². The fourth-order valence-corrected chi connectivity index (χ4v) is 2.79. The summed E-state index contributed by atoms with van der Waals surface area (Å²) in [6.07, 6.45) is 1.48. The largest absolute Gasteiger partial charge is 0.438 e. The molecule has 0 aliphatic carbocycles. The van der Waals surface area contributed by atoms with Gasteiger partial charge in [0.05, 0.1) is 23.9 Å². The van der Waals surface area contributed by atoms with Gasteiger partial charge in [0, 0.05) is 24.7 Å². The van der Waals surface area contributed by atoms with Gasteiger partial charge in [-0.2, -0.15) is 5.10 Å². The Labute approximate surface area is 142 Å². The Bertz CT molecular complexity index is 694. The Morgan fingerprint density at radius 1 is 1.26 bits per heavy atom. The van der Waals surface area contributed by atoms with E-state index >= 15 is 0 Å². The quantitative estimate of drug-likeness (QED) is 0.656.